The Bertz CT molecular complexity index is 1020. The molecule has 0 radical (unpaired) electrons. The molecule has 4 nitrogen and oxygen atoms in total. The van der Waals surface area contributed by atoms with Crippen LogP contribution in [0, 0.1) is 62.7 Å². The Hall–Kier alpha value is -1.34. The van der Waals surface area contributed by atoms with Gasteiger partial charge in [-0.25, -0.2) is 4.85 Å². The van der Waals surface area contributed by atoms with Crippen molar-refractivity contribution in [2.75, 3.05) is 6.61 Å². The zero-order valence-electron chi connectivity index (χ0n) is 23.1. The molecule has 4 heteroatoms. The summed E-state index contributed by atoms with van der Waals surface area (Å²) in [5.41, 5.74) is -0.0823. The van der Waals surface area contributed by atoms with Crippen LogP contribution in [0.3, 0.4) is 0 Å². The summed E-state index contributed by atoms with van der Waals surface area (Å²) in [6.45, 7) is 24.1. The van der Waals surface area contributed by atoms with Crippen molar-refractivity contribution in [1.29, 1.82) is 0 Å². The van der Waals surface area contributed by atoms with E-state index < -0.39 is 5.41 Å². The number of Topliss-reactive ketones (excluding diaryl/α,β-unsaturated/α-hetero) is 1. The van der Waals surface area contributed by atoms with E-state index in [2.05, 4.69) is 53.3 Å². The maximum Gasteiger partial charge on any atom is 0.203 e. The van der Waals surface area contributed by atoms with Crippen LogP contribution in [0.1, 0.15) is 106 Å². The van der Waals surface area contributed by atoms with E-state index >= 15 is 0 Å². The molecule has 0 aromatic heterocycles. The van der Waals surface area contributed by atoms with Gasteiger partial charge < -0.3 is 10.2 Å². The Labute approximate surface area is 212 Å². The number of aliphatic hydroxyl groups is 2. The first-order chi connectivity index (χ1) is 16.1. The standard InChI is InChI=1S/C31H47NO3/c1-26(2)11-13-31(18-33)14-12-30(7)24(19(31)16-26)21(34)15-23-28(5)17-20(32-8)25(35)27(3,4)22(28)9-10-29(23,30)6/h19,22-24,33,35H,9-18H2,1-7H3/t19-,22?,23+,24-,28-,29+,30+,31+/m0/s1. The summed E-state index contributed by atoms with van der Waals surface area (Å²) in [4.78, 5) is 18.1. The number of rotatable bonds is 1. The first kappa shape index (κ1) is 25.3. The van der Waals surface area contributed by atoms with Gasteiger partial charge in [-0.15, -0.1) is 0 Å². The first-order valence-corrected chi connectivity index (χ1v) is 14.1. The first-order valence-electron chi connectivity index (χ1n) is 14.1. The Kier molecular flexibility index (Phi) is 5.33. The number of allylic oxidation sites excluding steroid dienone is 2. The average molecular weight is 482 g/mol. The van der Waals surface area contributed by atoms with Crippen molar-refractivity contribution in [2.45, 2.75) is 106 Å². The summed E-state index contributed by atoms with van der Waals surface area (Å²) in [5, 5.41) is 21.7. The predicted molar refractivity (Wildman–Crippen MR) is 138 cm³/mol. The smallest absolute Gasteiger partial charge is 0.203 e. The van der Waals surface area contributed by atoms with Gasteiger partial charge in [-0.05, 0) is 96.2 Å². The fourth-order valence-corrected chi connectivity index (χ4v) is 11.0. The second-order valence-corrected chi connectivity index (χ2v) is 15.4. The van der Waals surface area contributed by atoms with Gasteiger partial charge >= 0.3 is 0 Å². The molecule has 0 saturated heterocycles. The minimum atomic E-state index is -0.443. The number of fused-ring (bicyclic) bond motifs is 7. The van der Waals surface area contributed by atoms with Gasteiger partial charge in [0.1, 0.15) is 11.5 Å². The molecule has 0 spiro atoms. The lowest BCUT2D eigenvalue weighted by atomic mass is 9.31. The molecule has 2 N–H and O–H groups in total. The van der Waals surface area contributed by atoms with Crippen molar-refractivity contribution in [2.24, 2.45) is 56.2 Å². The lowest BCUT2D eigenvalue weighted by Gasteiger charge is -2.72. The van der Waals surface area contributed by atoms with E-state index in [4.69, 9.17) is 6.57 Å². The van der Waals surface area contributed by atoms with Crippen LogP contribution in [-0.2, 0) is 4.79 Å². The van der Waals surface area contributed by atoms with Crippen molar-refractivity contribution in [3.63, 3.8) is 0 Å². The molecule has 4 saturated carbocycles. The molecule has 0 aromatic carbocycles. The van der Waals surface area contributed by atoms with E-state index in [9.17, 15) is 15.0 Å². The quantitative estimate of drug-likeness (QED) is 0.385. The molecule has 0 aliphatic heterocycles. The number of ketones is 1. The van der Waals surface area contributed by atoms with E-state index in [1.165, 1.54) is 0 Å². The van der Waals surface area contributed by atoms with E-state index in [0.717, 1.165) is 44.9 Å². The third-order valence-electron chi connectivity index (χ3n) is 13.2. The summed E-state index contributed by atoms with van der Waals surface area (Å²) in [6.07, 6.45) is 8.51. The Balaban J connectivity index is 1.61. The highest BCUT2D eigenvalue weighted by Crippen LogP contribution is 2.76. The molecule has 4 fully saturated rings. The minimum Gasteiger partial charge on any atom is -0.523 e. The van der Waals surface area contributed by atoms with Gasteiger partial charge in [0, 0.05) is 24.4 Å². The van der Waals surface area contributed by atoms with E-state index in [1.807, 2.05) is 0 Å². The Morgan fingerprint density at radius 1 is 0.943 bits per heavy atom. The van der Waals surface area contributed by atoms with Crippen LogP contribution in [0.4, 0.5) is 0 Å². The van der Waals surface area contributed by atoms with Gasteiger partial charge in [0.2, 0.25) is 5.70 Å². The molecule has 0 bridgehead atoms. The molecule has 194 valence electrons. The monoisotopic (exact) mass is 481 g/mol. The topological polar surface area (TPSA) is 61.9 Å². The molecule has 5 aliphatic rings. The van der Waals surface area contributed by atoms with E-state index in [-0.39, 0.29) is 63.1 Å². The normalized spacial score (nSPS) is 50.3. The van der Waals surface area contributed by atoms with Crippen molar-refractivity contribution in [3.05, 3.63) is 22.9 Å². The maximum absolute atomic E-state index is 14.3. The molecule has 5 rings (SSSR count). The molecule has 0 amide bonds. The summed E-state index contributed by atoms with van der Waals surface area (Å²) < 4.78 is 0. The zero-order valence-corrected chi connectivity index (χ0v) is 23.1. The van der Waals surface area contributed by atoms with Crippen LogP contribution >= 0.6 is 0 Å². The number of carbonyl (C=O) groups excluding carboxylic acids is 1. The Morgan fingerprint density at radius 2 is 1.60 bits per heavy atom. The molecule has 8 atom stereocenters. The highest BCUT2D eigenvalue weighted by molar-refractivity contribution is 5.84. The number of aliphatic hydroxyl groups excluding tert-OH is 2. The minimum absolute atomic E-state index is 0.0101. The summed E-state index contributed by atoms with van der Waals surface area (Å²) in [7, 11) is 0. The second kappa shape index (κ2) is 7.37. The van der Waals surface area contributed by atoms with Gasteiger partial charge in [0.15, 0.2) is 0 Å². The second-order valence-electron chi connectivity index (χ2n) is 15.4. The average Bonchev–Trinajstić information content (AvgIpc) is 2.77. The van der Waals surface area contributed by atoms with Gasteiger partial charge in [-0.2, -0.15) is 0 Å². The number of nitrogens with zero attached hydrogens (tertiary/aromatic N) is 1. The predicted octanol–water partition coefficient (Wildman–Crippen LogP) is 7.34. The number of carbonyl (C=O) groups is 1. The number of hydrogen-bond donors (Lipinski definition) is 2. The fraction of sp³-hybridized carbons (Fsp3) is 0.871. The largest absolute Gasteiger partial charge is 0.523 e. The van der Waals surface area contributed by atoms with Crippen LogP contribution in [0.15, 0.2) is 11.5 Å². The van der Waals surface area contributed by atoms with Crippen molar-refractivity contribution < 1.29 is 15.0 Å². The van der Waals surface area contributed by atoms with E-state index in [0.29, 0.717) is 24.3 Å². The number of hydrogen-bond acceptors (Lipinski definition) is 3. The molecular formula is C31H47NO3. The molecule has 5 aliphatic carbocycles. The summed E-state index contributed by atoms with van der Waals surface area (Å²) in [6, 6.07) is 0. The van der Waals surface area contributed by atoms with Crippen molar-refractivity contribution in [3.8, 4) is 0 Å². The third-order valence-corrected chi connectivity index (χ3v) is 13.2. The lowest BCUT2D eigenvalue weighted by Crippen LogP contribution is -2.68. The van der Waals surface area contributed by atoms with Gasteiger partial charge in [0.25, 0.3) is 0 Å². The van der Waals surface area contributed by atoms with Crippen LogP contribution in [-0.4, -0.2) is 22.6 Å². The van der Waals surface area contributed by atoms with Crippen LogP contribution < -0.4 is 0 Å². The molecule has 0 heterocycles. The van der Waals surface area contributed by atoms with Gasteiger partial charge in [-0.1, -0.05) is 48.5 Å². The molecule has 35 heavy (non-hydrogen) atoms. The van der Waals surface area contributed by atoms with Crippen LogP contribution in [0.5, 0.6) is 0 Å². The van der Waals surface area contributed by atoms with Gasteiger partial charge in [0.05, 0.1) is 6.57 Å². The van der Waals surface area contributed by atoms with E-state index in [1.54, 1.807) is 0 Å². The van der Waals surface area contributed by atoms with Crippen LogP contribution in [0.2, 0.25) is 0 Å². The summed E-state index contributed by atoms with van der Waals surface area (Å²) in [5.74, 6) is 1.45. The Morgan fingerprint density at radius 3 is 2.23 bits per heavy atom. The highest BCUT2D eigenvalue weighted by atomic mass is 16.3. The molecule has 0 aromatic rings. The fourth-order valence-electron chi connectivity index (χ4n) is 11.0. The van der Waals surface area contributed by atoms with Crippen molar-refractivity contribution in [1.82, 2.24) is 0 Å². The maximum atomic E-state index is 14.3. The van der Waals surface area contributed by atoms with Crippen molar-refractivity contribution >= 4 is 5.78 Å². The SMILES string of the molecule is [C-]#[N+]C1=C(O)C(C)(C)C2CC[C@]3(C)[C@H](CC(=O)[C@@H]4[C@@H]5CC(C)(C)CC[C@]5(CO)CC[C@]43C)[C@@]2(C)C1. The third kappa shape index (κ3) is 3.03. The highest BCUT2D eigenvalue weighted by Gasteiger charge is 2.72. The van der Waals surface area contributed by atoms with Gasteiger partial charge in [-0.3, -0.25) is 4.79 Å². The molecule has 1 unspecified atom stereocenters. The lowest BCUT2D eigenvalue weighted by molar-refractivity contribution is -0.234. The summed E-state index contributed by atoms with van der Waals surface area (Å²) >= 11 is 0. The van der Waals surface area contributed by atoms with Crippen LogP contribution in [0.25, 0.3) is 4.85 Å². The molecular weight excluding hydrogens is 434 g/mol. The zero-order chi connectivity index (χ0) is 25.8.